The van der Waals surface area contributed by atoms with Crippen LogP contribution in [0.15, 0.2) is 36.5 Å². The second-order valence-corrected chi connectivity index (χ2v) is 4.54. The van der Waals surface area contributed by atoms with Crippen LogP contribution in [0.4, 0.5) is 5.69 Å². The number of carbonyl (C=O) groups excluding carboxylic acids is 1. The molecule has 1 aliphatic rings. The van der Waals surface area contributed by atoms with Crippen molar-refractivity contribution in [2.75, 3.05) is 11.9 Å². The Morgan fingerprint density at radius 3 is 2.79 bits per heavy atom. The third-order valence-electron chi connectivity index (χ3n) is 3.19. The first-order chi connectivity index (χ1) is 9.33. The molecule has 1 fully saturated rings. The lowest BCUT2D eigenvalue weighted by molar-refractivity contribution is -0.124. The first-order valence-electron chi connectivity index (χ1n) is 6.35. The molecule has 2 N–H and O–H groups in total. The van der Waals surface area contributed by atoms with Gasteiger partial charge in [-0.3, -0.25) is 9.89 Å². The summed E-state index contributed by atoms with van der Waals surface area (Å²) in [5.41, 5.74) is 2.77. The molecule has 0 saturated carbocycles. The standard InChI is InChI=1S/C14H15N3O2/c18-14(13-2-1-9-19-13)16-11-5-3-10(4-6-11)12-7-8-15-17-12/h3-8,13H,1-2,9H2,(H,15,17)(H,16,18). The molecule has 1 atom stereocenters. The smallest absolute Gasteiger partial charge is 0.253 e. The van der Waals surface area contributed by atoms with Crippen LogP contribution in [0.2, 0.25) is 0 Å². The summed E-state index contributed by atoms with van der Waals surface area (Å²) in [5, 5.41) is 9.68. The number of rotatable bonds is 3. The van der Waals surface area contributed by atoms with Gasteiger partial charge in [-0.1, -0.05) is 12.1 Å². The van der Waals surface area contributed by atoms with E-state index in [1.165, 1.54) is 0 Å². The number of hydrogen-bond donors (Lipinski definition) is 2. The van der Waals surface area contributed by atoms with Crippen molar-refractivity contribution in [2.24, 2.45) is 0 Å². The number of H-pyrrole nitrogens is 1. The maximum absolute atomic E-state index is 11.9. The molecule has 5 nitrogen and oxygen atoms in total. The monoisotopic (exact) mass is 257 g/mol. The Morgan fingerprint density at radius 1 is 1.32 bits per heavy atom. The van der Waals surface area contributed by atoms with Gasteiger partial charge in [0.05, 0.1) is 5.69 Å². The summed E-state index contributed by atoms with van der Waals surface area (Å²) in [7, 11) is 0. The van der Waals surface area contributed by atoms with Crippen LogP contribution in [-0.4, -0.2) is 28.8 Å². The van der Waals surface area contributed by atoms with Crippen LogP contribution in [0.3, 0.4) is 0 Å². The summed E-state index contributed by atoms with van der Waals surface area (Å²) in [6.07, 6.45) is 3.17. The van der Waals surface area contributed by atoms with Gasteiger partial charge in [0.25, 0.3) is 5.91 Å². The number of ether oxygens (including phenoxy) is 1. The molecule has 1 amide bonds. The van der Waals surface area contributed by atoms with Gasteiger partial charge in [0.1, 0.15) is 6.10 Å². The van der Waals surface area contributed by atoms with Gasteiger partial charge in [-0.2, -0.15) is 5.10 Å². The molecule has 2 heterocycles. The topological polar surface area (TPSA) is 67.0 Å². The minimum atomic E-state index is -0.299. The van der Waals surface area contributed by atoms with Crippen LogP contribution in [0.25, 0.3) is 11.3 Å². The Balaban J connectivity index is 1.67. The highest BCUT2D eigenvalue weighted by atomic mass is 16.5. The molecule has 3 rings (SSSR count). The first kappa shape index (κ1) is 11.9. The Labute approximate surface area is 111 Å². The molecule has 0 spiro atoms. The zero-order chi connectivity index (χ0) is 13.1. The Bertz CT molecular complexity index is 543. The number of nitrogens with one attached hydrogen (secondary N) is 2. The minimum absolute atomic E-state index is 0.0632. The lowest BCUT2D eigenvalue weighted by Gasteiger charge is -2.10. The van der Waals surface area contributed by atoms with Gasteiger partial charge in [0, 0.05) is 18.5 Å². The van der Waals surface area contributed by atoms with Crippen LogP contribution < -0.4 is 5.32 Å². The fourth-order valence-electron chi connectivity index (χ4n) is 2.16. The maximum Gasteiger partial charge on any atom is 0.253 e. The van der Waals surface area contributed by atoms with Gasteiger partial charge in [-0.15, -0.1) is 0 Å². The second-order valence-electron chi connectivity index (χ2n) is 4.54. The van der Waals surface area contributed by atoms with E-state index in [0.29, 0.717) is 6.61 Å². The highest BCUT2D eigenvalue weighted by Gasteiger charge is 2.23. The van der Waals surface area contributed by atoms with E-state index < -0.39 is 0 Å². The molecule has 1 unspecified atom stereocenters. The van der Waals surface area contributed by atoms with E-state index >= 15 is 0 Å². The molecule has 1 aromatic heterocycles. The molecule has 19 heavy (non-hydrogen) atoms. The van der Waals surface area contributed by atoms with E-state index in [1.807, 2.05) is 30.3 Å². The van der Waals surface area contributed by atoms with Gasteiger partial charge in [-0.05, 0) is 36.6 Å². The van der Waals surface area contributed by atoms with Crippen LogP contribution in [-0.2, 0) is 9.53 Å². The van der Waals surface area contributed by atoms with Crippen LogP contribution in [0.1, 0.15) is 12.8 Å². The van der Waals surface area contributed by atoms with Crippen LogP contribution in [0.5, 0.6) is 0 Å². The fraction of sp³-hybridized carbons (Fsp3) is 0.286. The summed E-state index contributed by atoms with van der Waals surface area (Å²) in [4.78, 5) is 11.9. The zero-order valence-corrected chi connectivity index (χ0v) is 10.4. The van der Waals surface area contributed by atoms with Crippen molar-refractivity contribution in [2.45, 2.75) is 18.9 Å². The van der Waals surface area contributed by atoms with E-state index in [9.17, 15) is 4.79 Å². The summed E-state index contributed by atoms with van der Waals surface area (Å²) >= 11 is 0. The second kappa shape index (κ2) is 5.24. The molecular weight excluding hydrogens is 242 g/mol. The molecular formula is C14H15N3O2. The number of nitrogens with zero attached hydrogens (tertiary/aromatic N) is 1. The van der Waals surface area contributed by atoms with E-state index in [-0.39, 0.29) is 12.0 Å². The van der Waals surface area contributed by atoms with Crippen molar-refractivity contribution in [1.82, 2.24) is 10.2 Å². The molecule has 1 aromatic carbocycles. The number of aromatic nitrogens is 2. The van der Waals surface area contributed by atoms with Crippen molar-refractivity contribution < 1.29 is 9.53 Å². The Kier molecular flexibility index (Phi) is 3.29. The fourth-order valence-corrected chi connectivity index (χ4v) is 2.16. The van der Waals surface area contributed by atoms with Gasteiger partial charge in [-0.25, -0.2) is 0 Å². The number of carbonyl (C=O) groups is 1. The third kappa shape index (κ3) is 2.66. The van der Waals surface area contributed by atoms with E-state index in [2.05, 4.69) is 15.5 Å². The van der Waals surface area contributed by atoms with Crippen molar-refractivity contribution in [1.29, 1.82) is 0 Å². The first-order valence-corrected chi connectivity index (χ1v) is 6.35. The molecule has 0 bridgehead atoms. The largest absolute Gasteiger partial charge is 0.368 e. The predicted molar refractivity (Wildman–Crippen MR) is 71.6 cm³/mol. The summed E-state index contributed by atoms with van der Waals surface area (Å²) < 4.78 is 5.34. The zero-order valence-electron chi connectivity index (χ0n) is 10.4. The number of anilines is 1. The predicted octanol–water partition coefficient (Wildman–Crippen LogP) is 2.19. The van der Waals surface area contributed by atoms with Gasteiger partial charge >= 0.3 is 0 Å². The highest BCUT2D eigenvalue weighted by Crippen LogP contribution is 2.20. The van der Waals surface area contributed by atoms with E-state index in [0.717, 1.165) is 29.8 Å². The number of aromatic amines is 1. The average Bonchev–Trinajstić information content (AvgIpc) is 3.13. The summed E-state index contributed by atoms with van der Waals surface area (Å²) in [6, 6.07) is 9.54. The summed E-state index contributed by atoms with van der Waals surface area (Å²) in [6.45, 7) is 0.677. The third-order valence-corrected chi connectivity index (χ3v) is 3.19. The quantitative estimate of drug-likeness (QED) is 0.885. The Morgan fingerprint density at radius 2 is 2.16 bits per heavy atom. The van der Waals surface area contributed by atoms with Crippen LogP contribution >= 0.6 is 0 Å². The van der Waals surface area contributed by atoms with Gasteiger partial charge in [0.2, 0.25) is 0 Å². The molecule has 5 heteroatoms. The lowest BCUT2D eigenvalue weighted by atomic mass is 10.1. The minimum Gasteiger partial charge on any atom is -0.368 e. The summed E-state index contributed by atoms with van der Waals surface area (Å²) in [5.74, 6) is -0.0632. The van der Waals surface area contributed by atoms with E-state index in [4.69, 9.17) is 4.74 Å². The number of benzene rings is 1. The number of amides is 1. The van der Waals surface area contributed by atoms with Crippen molar-refractivity contribution in [3.8, 4) is 11.3 Å². The van der Waals surface area contributed by atoms with Gasteiger partial charge in [0.15, 0.2) is 0 Å². The molecule has 1 aliphatic heterocycles. The SMILES string of the molecule is O=C(Nc1ccc(-c2ccn[nH]2)cc1)C1CCCO1. The molecule has 98 valence electrons. The Hall–Kier alpha value is -2.14. The maximum atomic E-state index is 11.9. The van der Waals surface area contributed by atoms with Crippen LogP contribution in [0, 0.1) is 0 Å². The normalized spacial score (nSPS) is 18.4. The van der Waals surface area contributed by atoms with E-state index in [1.54, 1.807) is 6.20 Å². The van der Waals surface area contributed by atoms with Crippen molar-refractivity contribution in [3.05, 3.63) is 36.5 Å². The molecule has 0 radical (unpaired) electrons. The average molecular weight is 257 g/mol. The van der Waals surface area contributed by atoms with Crippen molar-refractivity contribution >= 4 is 11.6 Å². The molecule has 1 saturated heterocycles. The lowest BCUT2D eigenvalue weighted by Crippen LogP contribution is -2.26. The molecule has 0 aliphatic carbocycles. The highest BCUT2D eigenvalue weighted by molar-refractivity contribution is 5.94. The van der Waals surface area contributed by atoms with Crippen molar-refractivity contribution in [3.63, 3.8) is 0 Å². The number of hydrogen-bond acceptors (Lipinski definition) is 3. The molecule has 2 aromatic rings. The van der Waals surface area contributed by atoms with Gasteiger partial charge < -0.3 is 10.1 Å².